The molecule has 0 saturated heterocycles. The number of hydrogen-bond acceptors (Lipinski definition) is 35. The molecule has 0 aromatic carbocycles. The lowest BCUT2D eigenvalue weighted by Gasteiger charge is -1.92. The second-order valence-corrected chi connectivity index (χ2v) is 29.2. The van der Waals surface area contributed by atoms with Crippen LogP contribution in [0.25, 0.3) is 0 Å². The zero-order valence-corrected chi connectivity index (χ0v) is 73.0. The third-order valence-electron chi connectivity index (χ3n) is 5.60. The molecule has 33 nitrogen and oxygen atoms in total. The highest BCUT2D eigenvalue weighted by Crippen LogP contribution is 2.12. The highest BCUT2D eigenvalue weighted by atomic mass is 32.1. The predicted molar refractivity (Wildman–Crippen MR) is 428 cm³/mol. The summed E-state index contributed by atoms with van der Waals surface area (Å²) in [5, 5.41) is 70.6. The molecule has 0 atom stereocenters. The SMILES string of the molecule is CC(C)C.CC(C)C.CC(C)C.CC(C)C.CC(C)C.CC(C)C.CC(C)C.CC(C)C.CC(C)C.CC(C)c1cnsn1.CC(C)c1nnno1.CC(C)c1nnns1.c1ccnnc1.c1cn[nH]c1.c1cnnnc1.c1cnoc1.c1cnon1.c1cocn1.c1conn1.c1nnon1.c1nnsn1. The Labute approximate surface area is 652 Å². The second-order valence-electron chi connectivity index (χ2n) is 27.3. The maximum Gasteiger partial charge on any atom is 0.250 e. The molecule has 608 valence electrons. The third kappa shape index (κ3) is 173. The summed E-state index contributed by atoms with van der Waals surface area (Å²) >= 11 is 3.73. The smallest absolute Gasteiger partial charge is 0.250 e. The number of rotatable bonds is 3. The van der Waals surface area contributed by atoms with Crippen molar-refractivity contribution in [1.29, 1.82) is 0 Å². The quantitative estimate of drug-likeness (QED) is 0.172. The molecule has 0 aliphatic carbocycles. The maximum absolute atomic E-state index is 4.62. The van der Waals surface area contributed by atoms with Gasteiger partial charge in [0.15, 0.2) is 19.0 Å². The molecule has 0 saturated carbocycles. The van der Waals surface area contributed by atoms with E-state index in [1.165, 1.54) is 79.7 Å². The molecule has 1 N–H and O–H groups in total. The normalized spacial score (nSPS) is 8.87. The van der Waals surface area contributed by atoms with E-state index in [1.807, 2.05) is 38.2 Å². The summed E-state index contributed by atoms with van der Waals surface area (Å²) in [6.45, 7) is 70.8. The fourth-order valence-corrected chi connectivity index (χ4v) is 3.86. The van der Waals surface area contributed by atoms with Crippen LogP contribution >= 0.6 is 35.0 Å². The molecule has 12 aromatic rings. The van der Waals surface area contributed by atoms with Gasteiger partial charge < -0.3 is 18.0 Å². The Balaban J connectivity index is -0.000000135. The lowest BCUT2D eigenvalue weighted by Crippen LogP contribution is -1.85. The molecule has 0 amide bonds. The first kappa shape index (κ1) is 116. The van der Waals surface area contributed by atoms with E-state index in [2.05, 4.69) is 377 Å². The van der Waals surface area contributed by atoms with Crippen molar-refractivity contribution in [2.24, 2.45) is 53.3 Å². The van der Waals surface area contributed by atoms with E-state index < -0.39 is 0 Å². The van der Waals surface area contributed by atoms with Gasteiger partial charge in [0.25, 0.3) is 5.89 Å². The summed E-state index contributed by atoms with van der Waals surface area (Å²) in [5.41, 5.74) is 1.09. The zero-order valence-electron chi connectivity index (χ0n) is 70.5. The van der Waals surface area contributed by atoms with Gasteiger partial charge in [-0.3, -0.25) is 5.10 Å². The van der Waals surface area contributed by atoms with Crippen LogP contribution in [0.3, 0.4) is 0 Å². The van der Waals surface area contributed by atoms with E-state index in [-0.39, 0.29) is 5.92 Å². The average molecular weight is 1560 g/mol. The van der Waals surface area contributed by atoms with Crippen LogP contribution in [0.5, 0.6) is 0 Å². The molecule has 12 heterocycles. The number of H-pyrrole nitrogens is 1. The summed E-state index contributed by atoms with van der Waals surface area (Å²) in [6, 6.07) is 8.92. The van der Waals surface area contributed by atoms with Gasteiger partial charge in [0.1, 0.15) is 23.8 Å². The van der Waals surface area contributed by atoms with Crippen molar-refractivity contribution in [2.75, 3.05) is 0 Å². The van der Waals surface area contributed by atoms with Crippen molar-refractivity contribution in [3.8, 4) is 0 Å². The first-order valence-corrected chi connectivity index (χ1v) is 37.3. The molecule has 0 fully saturated rings. The summed E-state index contributed by atoms with van der Waals surface area (Å²) < 4.78 is 44.2. The molecular formula is C71H135N27O6S3. The number of hydrogen-bond donors (Lipinski definition) is 1. The molecule has 0 aliphatic rings. The predicted octanol–water partition coefficient (Wildman–Crippen LogP) is 19.9. The van der Waals surface area contributed by atoms with Gasteiger partial charge in [0, 0.05) is 53.4 Å². The minimum Gasteiger partial charge on any atom is -0.452 e. The van der Waals surface area contributed by atoms with Gasteiger partial charge >= 0.3 is 0 Å². The minimum absolute atomic E-state index is 0.282. The third-order valence-corrected chi connectivity index (χ3v) is 7.35. The molecule has 107 heavy (non-hydrogen) atoms. The van der Waals surface area contributed by atoms with Gasteiger partial charge in [-0.25, -0.2) is 14.2 Å². The lowest BCUT2D eigenvalue weighted by molar-refractivity contribution is 0.292. The Morgan fingerprint density at radius 2 is 0.888 bits per heavy atom. The van der Waals surface area contributed by atoms with E-state index in [4.69, 9.17) is 0 Å². The van der Waals surface area contributed by atoms with Crippen molar-refractivity contribution in [1.82, 2.24) is 135 Å². The van der Waals surface area contributed by atoms with Crippen LogP contribution in [0.4, 0.5) is 0 Å². The van der Waals surface area contributed by atoms with Gasteiger partial charge in [-0.15, -0.1) is 25.5 Å². The molecule has 12 rings (SSSR count). The van der Waals surface area contributed by atoms with Crippen LogP contribution in [0.15, 0.2) is 170 Å². The summed E-state index contributed by atoms with van der Waals surface area (Å²) in [6.07, 6.45) is 27.7. The van der Waals surface area contributed by atoms with Crippen molar-refractivity contribution < 1.29 is 27.2 Å². The van der Waals surface area contributed by atoms with E-state index in [0.717, 1.165) is 75.7 Å². The molecule has 12 aromatic heterocycles. The van der Waals surface area contributed by atoms with E-state index in [9.17, 15) is 0 Å². The lowest BCUT2D eigenvalue weighted by atomic mass is 10.2. The first-order chi connectivity index (χ1) is 50.5. The van der Waals surface area contributed by atoms with Crippen molar-refractivity contribution in [2.45, 2.75) is 246 Å². The topological polar surface area (TPSA) is 430 Å². The number of aromatic amines is 1. The molecule has 0 bridgehead atoms. The fraction of sp³-hybridized carbons (Fsp3) is 0.634. The summed E-state index contributed by atoms with van der Waals surface area (Å²) in [5.74, 6) is 9.36. The Morgan fingerprint density at radius 1 is 0.355 bits per heavy atom. The van der Waals surface area contributed by atoms with Crippen LogP contribution in [0, 0.1) is 53.3 Å². The average Bonchev–Trinajstić information content (AvgIpc) is 1.84. The van der Waals surface area contributed by atoms with Gasteiger partial charge in [-0.2, -0.15) is 28.4 Å². The molecule has 0 spiro atoms. The monoisotopic (exact) mass is 1560 g/mol. The number of nitrogens with zero attached hydrogens (tertiary/aromatic N) is 26. The second kappa shape index (κ2) is 98.7. The molecule has 0 aliphatic heterocycles. The highest BCUT2D eigenvalue weighted by Gasteiger charge is 2.04. The highest BCUT2D eigenvalue weighted by molar-refractivity contribution is 7.05. The zero-order chi connectivity index (χ0) is 83.4. The summed E-state index contributed by atoms with van der Waals surface area (Å²) in [4.78, 5) is 3.56. The van der Waals surface area contributed by atoms with Gasteiger partial charge in [0.05, 0.1) is 89.3 Å². The van der Waals surface area contributed by atoms with Crippen molar-refractivity contribution in [3.05, 3.63) is 159 Å². The largest absolute Gasteiger partial charge is 0.452 e. The number of nitrogens with one attached hydrogen (secondary N) is 1. The van der Waals surface area contributed by atoms with Crippen LogP contribution in [-0.4, -0.2) is 135 Å². The first-order valence-electron chi connectivity index (χ1n) is 35.1. The van der Waals surface area contributed by atoms with E-state index in [1.54, 1.807) is 61.7 Å². The van der Waals surface area contributed by atoms with Gasteiger partial charge in [-0.1, -0.05) is 263 Å². The Bertz CT molecular complexity index is 2350. The fourth-order valence-electron chi connectivity index (χ4n) is 2.66. The molecule has 0 radical (unpaired) electrons. The molecule has 36 heteroatoms. The van der Waals surface area contributed by atoms with E-state index >= 15 is 0 Å². The molecule has 0 unspecified atom stereocenters. The Hall–Kier alpha value is -9.32. The van der Waals surface area contributed by atoms with Crippen molar-refractivity contribution >= 4 is 35.0 Å². The van der Waals surface area contributed by atoms with Crippen molar-refractivity contribution in [3.63, 3.8) is 0 Å². The minimum atomic E-state index is 0.282. The summed E-state index contributed by atoms with van der Waals surface area (Å²) in [7, 11) is 0. The Kier molecular flexibility index (Phi) is 107. The Morgan fingerprint density at radius 3 is 1.03 bits per heavy atom. The van der Waals surface area contributed by atoms with Crippen LogP contribution in [0.2, 0.25) is 0 Å². The van der Waals surface area contributed by atoms with Gasteiger partial charge in [0.2, 0.25) is 0 Å². The van der Waals surface area contributed by atoms with Crippen LogP contribution in [-0.2, 0) is 0 Å². The maximum atomic E-state index is 4.62. The van der Waals surface area contributed by atoms with Gasteiger partial charge in [-0.05, 0) is 110 Å². The van der Waals surface area contributed by atoms with Crippen LogP contribution in [0.1, 0.15) is 263 Å². The van der Waals surface area contributed by atoms with Crippen LogP contribution < -0.4 is 0 Å². The molecular weight excluding hydrogens is 1420 g/mol. The standard InChI is InChI=1S/C5H8N2S.C4H7N3O.C4H7N3S.C4H4N2.9C4H10.C3H3N3.C3H4N2.2C3H3NO.2C2H2N2O.CHN3O.CHN3S/c1-4(2)5-3-6-8-7-5;2*1-3(2)4-5-6-7-8-4;1-2-4-6-5-3-1;9*1-4(2)3;1-2-4-6-5-3-1;1-2-4-5-3-1;1-2-5-3-4-1;1-2-4-5-3-1;1-2-5-4-3-1;3*1-2-4-5-3-1/h3-4H,1-2H3;2*3H,1-2H3;1-4H;9*4H,1-3H3;1-3H;1-3H,(H,4,5);2*1-3H;2*1-2H;2*1H. The number of oxazole rings is 1. The number of aromatic nitrogens is 27. The van der Waals surface area contributed by atoms with E-state index in [0.29, 0.717) is 17.7 Å².